The normalized spacial score (nSPS) is 27.4. The number of rotatable bonds is 4. The van der Waals surface area contributed by atoms with Crippen LogP contribution in [0.25, 0.3) is 0 Å². The molecule has 0 bridgehead atoms. The van der Waals surface area contributed by atoms with E-state index in [-0.39, 0.29) is 12.0 Å². The van der Waals surface area contributed by atoms with Crippen LogP contribution in [-0.4, -0.2) is 34.9 Å². The van der Waals surface area contributed by atoms with Crippen LogP contribution in [0.15, 0.2) is 12.4 Å². The van der Waals surface area contributed by atoms with E-state index in [0.717, 1.165) is 31.4 Å². The predicted octanol–water partition coefficient (Wildman–Crippen LogP) is 1.44. The predicted molar refractivity (Wildman–Crippen MR) is 68.3 cm³/mol. The van der Waals surface area contributed by atoms with E-state index in [2.05, 4.69) is 10.4 Å². The van der Waals surface area contributed by atoms with E-state index in [1.807, 2.05) is 30.9 Å². The van der Waals surface area contributed by atoms with Crippen molar-refractivity contribution in [3.8, 4) is 0 Å². The molecule has 0 radical (unpaired) electrons. The molecule has 0 aliphatic heterocycles. The highest BCUT2D eigenvalue weighted by Crippen LogP contribution is 2.38. The van der Waals surface area contributed by atoms with Crippen molar-refractivity contribution in [2.24, 2.45) is 0 Å². The number of hydrogen-bond acceptors (Lipinski definition) is 4. The molecule has 2 atom stereocenters. The summed E-state index contributed by atoms with van der Waals surface area (Å²) in [7, 11) is 1.45. The Morgan fingerprint density at radius 2 is 2.50 bits per heavy atom. The second kappa shape index (κ2) is 5.10. The van der Waals surface area contributed by atoms with Crippen LogP contribution in [0.5, 0.6) is 0 Å². The highest BCUT2D eigenvalue weighted by atomic mass is 16.5. The Balaban J connectivity index is 2.15. The lowest BCUT2D eigenvalue weighted by atomic mass is 9.97. The zero-order valence-corrected chi connectivity index (χ0v) is 11.3. The molecule has 1 aliphatic rings. The van der Waals surface area contributed by atoms with Gasteiger partial charge in [-0.15, -0.1) is 0 Å². The number of ether oxygens (including phenoxy) is 1. The first-order chi connectivity index (χ1) is 8.61. The maximum absolute atomic E-state index is 12.0. The Labute approximate surface area is 108 Å². The lowest BCUT2D eigenvalue weighted by Crippen LogP contribution is -2.50. The van der Waals surface area contributed by atoms with Crippen LogP contribution >= 0.6 is 0 Å². The van der Waals surface area contributed by atoms with Crippen molar-refractivity contribution in [1.82, 2.24) is 15.1 Å². The molecule has 1 fully saturated rings. The first kappa shape index (κ1) is 13.1. The molecule has 2 rings (SSSR count). The Morgan fingerprint density at radius 3 is 3.06 bits per heavy atom. The third-order valence-electron chi connectivity index (χ3n) is 3.68. The molecule has 0 spiro atoms. The maximum atomic E-state index is 12.0. The number of nitrogens with zero attached hydrogens (tertiary/aromatic N) is 2. The number of nitrogens with one attached hydrogen (secondary N) is 1. The third kappa shape index (κ3) is 2.27. The number of hydrogen-bond donors (Lipinski definition) is 1. The van der Waals surface area contributed by atoms with Gasteiger partial charge in [-0.3, -0.25) is 9.48 Å². The van der Waals surface area contributed by atoms with Crippen LogP contribution < -0.4 is 5.32 Å². The molecule has 1 aliphatic carbocycles. The van der Waals surface area contributed by atoms with E-state index in [1.54, 1.807) is 0 Å². The molecular weight excluding hydrogens is 230 g/mol. The van der Waals surface area contributed by atoms with Gasteiger partial charge in [-0.05, 0) is 38.3 Å². The lowest BCUT2D eigenvalue weighted by molar-refractivity contribution is -0.148. The monoisotopic (exact) mass is 251 g/mol. The van der Waals surface area contributed by atoms with Gasteiger partial charge in [0.2, 0.25) is 0 Å². The molecular formula is C13H21N3O2. The van der Waals surface area contributed by atoms with Gasteiger partial charge in [0.25, 0.3) is 0 Å². The van der Waals surface area contributed by atoms with Crippen molar-refractivity contribution in [3.05, 3.63) is 18.0 Å². The van der Waals surface area contributed by atoms with E-state index in [1.165, 1.54) is 7.11 Å². The molecule has 1 N–H and O–H groups in total. The summed E-state index contributed by atoms with van der Waals surface area (Å²) >= 11 is 0. The Morgan fingerprint density at radius 1 is 1.72 bits per heavy atom. The van der Waals surface area contributed by atoms with E-state index < -0.39 is 5.54 Å². The minimum atomic E-state index is -0.534. The van der Waals surface area contributed by atoms with Crippen molar-refractivity contribution in [1.29, 1.82) is 0 Å². The molecule has 5 nitrogen and oxygen atoms in total. The topological polar surface area (TPSA) is 56.1 Å². The van der Waals surface area contributed by atoms with Crippen LogP contribution in [0.3, 0.4) is 0 Å². The van der Waals surface area contributed by atoms with Crippen LogP contribution in [0.2, 0.25) is 0 Å². The molecule has 2 unspecified atom stereocenters. The van der Waals surface area contributed by atoms with Gasteiger partial charge >= 0.3 is 5.97 Å². The van der Waals surface area contributed by atoms with Crippen LogP contribution in [-0.2, 0) is 9.53 Å². The smallest absolute Gasteiger partial charge is 0.326 e. The summed E-state index contributed by atoms with van der Waals surface area (Å²) in [6, 6.07) is 0.275. The first-order valence-electron chi connectivity index (χ1n) is 6.45. The molecule has 5 heteroatoms. The van der Waals surface area contributed by atoms with Gasteiger partial charge in [0.05, 0.1) is 19.3 Å². The molecule has 100 valence electrons. The van der Waals surface area contributed by atoms with Crippen LogP contribution in [0, 0.1) is 6.92 Å². The molecule has 1 aromatic heterocycles. The highest BCUT2D eigenvalue weighted by molar-refractivity contribution is 5.81. The number of aryl methyl sites for hydroxylation is 1. The van der Waals surface area contributed by atoms with E-state index in [9.17, 15) is 4.79 Å². The van der Waals surface area contributed by atoms with Crippen LogP contribution in [0.1, 0.15) is 37.8 Å². The Kier molecular flexibility index (Phi) is 3.71. The van der Waals surface area contributed by atoms with Crippen molar-refractivity contribution >= 4 is 5.97 Å². The quantitative estimate of drug-likeness (QED) is 0.823. The minimum absolute atomic E-state index is 0.157. The fourth-order valence-corrected chi connectivity index (χ4v) is 2.83. The summed E-state index contributed by atoms with van der Waals surface area (Å²) in [6.07, 6.45) is 6.38. The number of esters is 1. The van der Waals surface area contributed by atoms with Crippen molar-refractivity contribution < 1.29 is 9.53 Å². The summed E-state index contributed by atoms with van der Waals surface area (Å²) < 4.78 is 6.92. The summed E-state index contributed by atoms with van der Waals surface area (Å²) in [5.41, 5.74) is 0.614. The first-order valence-corrected chi connectivity index (χ1v) is 6.45. The molecule has 1 heterocycles. The van der Waals surface area contributed by atoms with Crippen molar-refractivity contribution in [3.63, 3.8) is 0 Å². The Hall–Kier alpha value is -1.36. The fraction of sp³-hybridized carbons (Fsp3) is 0.692. The van der Waals surface area contributed by atoms with Crippen LogP contribution in [0.4, 0.5) is 0 Å². The van der Waals surface area contributed by atoms with Gasteiger partial charge in [-0.2, -0.15) is 5.10 Å². The van der Waals surface area contributed by atoms with Gasteiger partial charge in [0, 0.05) is 6.20 Å². The van der Waals surface area contributed by atoms with Gasteiger partial charge in [-0.1, -0.05) is 6.92 Å². The molecule has 1 aromatic rings. The van der Waals surface area contributed by atoms with Gasteiger partial charge in [-0.25, -0.2) is 0 Å². The van der Waals surface area contributed by atoms with E-state index in [4.69, 9.17) is 4.74 Å². The minimum Gasteiger partial charge on any atom is -0.468 e. The molecule has 1 saturated carbocycles. The van der Waals surface area contributed by atoms with E-state index >= 15 is 0 Å². The fourth-order valence-electron chi connectivity index (χ4n) is 2.83. The zero-order valence-electron chi connectivity index (χ0n) is 11.3. The van der Waals surface area contributed by atoms with Gasteiger partial charge in [0.1, 0.15) is 5.54 Å². The Bertz CT molecular complexity index is 430. The zero-order chi connectivity index (χ0) is 13.2. The largest absolute Gasteiger partial charge is 0.468 e. The highest BCUT2D eigenvalue weighted by Gasteiger charge is 2.46. The number of methoxy groups -OCH3 is 1. The summed E-state index contributed by atoms with van der Waals surface area (Å²) in [5.74, 6) is -0.157. The molecule has 0 aromatic carbocycles. The maximum Gasteiger partial charge on any atom is 0.326 e. The summed E-state index contributed by atoms with van der Waals surface area (Å²) in [6.45, 7) is 4.80. The summed E-state index contributed by atoms with van der Waals surface area (Å²) in [4.78, 5) is 12.0. The standard InChI is InChI=1S/C13H21N3O2/c1-4-14-13(12(17)18-3)6-5-11(7-13)16-9-10(2)8-15-16/h8-9,11,14H,4-7H2,1-3H3. The van der Waals surface area contributed by atoms with Gasteiger partial charge in [0.15, 0.2) is 0 Å². The SMILES string of the molecule is CCNC1(C(=O)OC)CCC(n2cc(C)cn2)C1. The molecule has 18 heavy (non-hydrogen) atoms. The second-order valence-electron chi connectivity index (χ2n) is 5.00. The number of carbonyl (C=O) groups excluding carboxylic acids is 1. The number of carbonyl (C=O) groups is 1. The summed E-state index contributed by atoms with van der Waals surface area (Å²) in [5, 5.41) is 7.64. The number of likely N-dealkylation sites (N-methyl/N-ethyl adjacent to an activating group) is 1. The van der Waals surface area contributed by atoms with Gasteiger partial charge < -0.3 is 10.1 Å². The van der Waals surface area contributed by atoms with E-state index in [0.29, 0.717) is 0 Å². The molecule has 0 amide bonds. The third-order valence-corrected chi connectivity index (χ3v) is 3.68. The van der Waals surface area contributed by atoms with Crippen molar-refractivity contribution in [2.45, 2.75) is 44.7 Å². The average molecular weight is 251 g/mol. The lowest BCUT2D eigenvalue weighted by Gasteiger charge is -2.27. The van der Waals surface area contributed by atoms with Crippen molar-refractivity contribution in [2.75, 3.05) is 13.7 Å². The molecule has 0 saturated heterocycles. The second-order valence-corrected chi connectivity index (χ2v) is 5.00. The average Bonchev–Trinajstić information content (AvgIpc) is 2.96. The number of aromatic nitrogens is 2.